The SMILES string of the molecule is Cc1cccc(C(C)(C)OOC(C)(C)c2cccc(C)c2)c1. The number of aryl methyl sites for hydroxylation is 2. The summed E-state index contributed by atoms with van der Waals surface area (Å²) in [5, 5.41) is 0. The molecule has 0 heterocycles. The Hall–Kier alpha value is -1.64. The van der Waals surface area contributed by atoms with E-state index in [0.29, 0.717) is 0 Å². The van der Waals surface area contributed by atoms with Gasteiger partial charge in [0.1, 0.15) is 11.2 Å². The molecular weight excluding hydrogens is 272 g/mol. The maximum Gasteiger partial charge on any atom is 0.123 e. The summed E-state index contributed by atoms with van der Waals surface area (Å²) in [6.45, 7) is 12.2. The maximum atomic E-state index is 5.83. The largest absolute Gasteiger partial charge is 0.225 e. The van der Waals surface area contributed by atoms with Crippen molar-refractivity contribution in [3.8, 4) is 0 Å². The molecule has 118 valence electrons. The van der Waals surface area contributed by atoms with Gasteiger partial charge in [0, 0.05) is 0 Å². The maximum absolute atomic E-state index is 5.83. The van der Waals surface area contributed by atoms with Crippen LogP contribution in [0.1, 0.15) is 49.9 Å². The van der Waals surface area contributed by atoms with Gasteiger partial charge < -0.3 is 0 Å². The third-order valence-corrected chi connectivity index (χ3v) is 3.88. The lowest BCUT2D eigenvalue weighted by molar-refractivity contribution is -0.410. The van der Waals surface area contributed by atoms with E-state index in [1.165, 1.54) is 11.1 Å². The Morgan fingerprint density at radius 1 is 0.636 bits per heavy atom. The minimum Gasteiger partial charge on any atom is -0.225 e. The van der Waals surface area contributed by atoms with Crippen molar-refractivity contribution in [1.29, 1.82) is 0 Å². The van der Waals surface area contributed by atoms with E-state index in [1.807, 2.05) is 39.8 Å². The fourth-order valence-corrected chi connectivity index (χ4v) is 2.34. The first-order valence-electron chi connectivity index (χ1n) is 7.72. The number of hydrogen-bond donors (Lipinski definition) is 0. The van der Waals surface area contributed by atoms with Crippen LogP contribution in [0.2, 0.25) is 0 Å². The van der Waals surface area contributed by atoms with Crippen LogP contribution in [0.25, 0.3) is 0 Å². The smallest absolute Gasteiger partial charge is 0.123 e. The summed E-state index contributed by atoms with van der Waals surface area (Å²) in [4.78, 5) is 11.7. The second kappa shape index (κ2) is 6.23. The lowest BCUT2D eigenvalue weighted by Crippen LogP contribution is -2.29. The van der Waals surface area contributed by atoms with Crippen LogP contribution < -0.4 is 0 Å². The number of rotatable bonds is 5. The van der Waals surface area contributed by atoms with Crippen molar-refractivity contribution in [3.05, 3.63) is 70.8 Å². The first-order chi connectivity index (χ1) is 10.2. The molecule has 0 spiro atoms. The van der Waals surface area contributed by atoms with Gasteiger partial charge >= 0.3 is 0 Å². The lowest BCUT2D eigenvalue weighted by atomic mass is 9.96. The first-order valence-corrected chi connectivity index (χ1v) is 7.72. The van der Waals surface area contributed by atoms with Gasteiger partial charge in [-0.05, 0) is 52.7 Å². The monoisotopic (exact) mass is 298 g/mol. The molecule has 0 saturated carbocycles. The highest BCUT2D eigenvalue weighted by Gasteiger charge is 2.29. The summed E-state index contributed by atoms with van der Waals surface area (Å²) >= 11 is 0. The topological polar surface area (TPSA) is 18.5 Å². The third-order valence-electron chi connectivity index (χ3n) is 3.88. The van der Waals surface area contributed by atoms with Crippen LogP contribution in [0.4, 0.5) is 0 Å². The highest BCUT2D eigenvalue weighted by molar-refractivity contribution is 5.27. The van der Waals surface area contributed by atoms with Gasteiger partial charge in [-0.2, -0.15) is 0 Å². The summed E-state index contributed by atoms with van der Waals surface area (Å²) in [5.74, 6) is 0. The van der Waals surface area contributed by atoms with Gasteiger partial charge in [-0.1, -0.05) is 59.7 Å². The molecule has 0 radical (unpaired) electrons. The van der Waals surface area contributed by atoms with E-state index in [4.69, 9.17) is 9.78 Å². The highest BCUT2D eigenvalue weighted by atomic mass is 17.2. The van der Waals surface area contributed by atoms with E-state index < -0.39 is 11.2 Å². The fourth-order valence-electron chi connectivity index (χ4n) is 2.34. The molecule has 2 heteroatoms. The molecule has 0 saturated heterocycles. The van der Waals surface area contributed by atoms with E-state index in [-0.39, 0.29) is 0 Å². The summed E-state index contributed by atoms with van der Waals surface area (Å²) in [6, 6.07) is 16.6. The molecule has 0 N–H and O–H groups in total. The zero-order valence-electron chi connectivity index (χ0n) is 14.4. The lowest BCUT2D eigenvalue weighted by Gasteiger charge is -2.31. The second-order valence-electron chi connectivity index (χ2n) is 6.93. The Bertz CT molecular complexity index is 584. The van der Waals surface area contributed by atoms with Gasteiger partial charge in [-0.3, -0.25) is 0 Å². The third kappa shape index (κ3) is 3.96. The van der Waals surface area contributed by atoms with Crippen molar-refractivity contribution in [1.82, 2.24) is 0 Å². The zero-order valence-corrected chi connectivity index (χ0v) is 14.4. The van der Waals surface area contributed by atoms with E-state index >= 15 is 0 Å². The quantitative estimate of drug-likeness (QED) is 0.542. The molecule has 0 atom stereocenters. The summed E-state index contributed by atoms with van der Waals surface area (Å²) < 4.78 is 0. The minimum absolute atomic E-state index is 0.507. The van der Waals surface area contributed by atoms with Gasteiger partial charge in [0.05, 0.1) is 0 Å². The molecule has 22 heavy (non-hydrogen) atoms. The molecule has 2 rings (SSSR count). The first kappa shape index (κ1) is 16.7. The van der Waals surface area contributed by atoms with Crippen LogP contribution in [0, 0.1) is 13.8 Å². The summed E-state index contributed by atoms with van der Waals surface area (Å²) in [7, 11) is 0. The molecule has 0 unspecified atom stereocenters. The molecule has 0 fully saturated rings. The molecular formula is C20H26O2. The van der Waals surface area contributed by atoms with Crippen molar-refractivity contribution in [2.75, 3.05) is 0 Å². The van der Waals surface area contributed by atoms with Gasteiger partial charge in [0.2, 0.25) is 0 Å². The van der Waals surface area contributed by atoms with Crippen molar-refractivity contribution in [2.24, 2.45) is 0 Å². The van der Waals surface area contributed by atoms with Crippen molar-refractivity contribution in [3.63, 3.8) is 0 Å². The Labute approximate surface area is 134 Å². The Kier molecular flexibility index (Phi) is 4.74. The van der Waals surface area contributed by atoms with Gasteiger partial charge in [-0.25, -0.2) is 9.78 Å². The molecule has 0 aromatic heterocycles. The molecule has 2 nitrogen and oxygen atoms in total. The Balaban J connectivity index is 2.13. The van der Waals surface area contributed by atoms with E-state index in [0.717, 1.165) is 11.1 Å². The zero-order chi connectivity index (χ0) is 16.4. The Morgan fingerprint density at radius 2 is 1.00 bits per heavy atom. The van der Waals surface area contributed by atoms with Crippen molar-refractivity contribution < 1.29 is 9.78 Å². The van der Waals surface area contributed by atoms with E-state index in [2.05, 4.69) is 50.2 Å². The van der Waals surface area contributed by atoms with E-state index in [9.17, 15) is 0 Å². The molecule has 0 amide bonds. The molecule has 0 aliphatic heterocycles. The molecule has 0 aliphatic carbocycles. The van der Waals surface area contributed by atoms with Crippen LogP contribution in [0.5, 0.6) is 0 Å². The number of benzene rings is 2. The Morgan fingerprint density at radius 3 is 1.32 bits per heavy atom. The molecule has 0 aliphatic rings. The van der Waals surface area contributed by atoms with Crippen LogP contribution in [-0.4, -0.2) is 0 Å². The van der Waals surface area contributed by atoms with Crippen LogP contribution >= 0.6 is 0 Å². The van der Waals surface area contributed by atoms with Crippen molar-refractivity contribution in [2.45, 2.75) is 52.7 Å². The highest BCUT2D eigenvalue weighted by Crippen LogP contribution is 2.32. The van der Waals surface area contributed by atoms with Gasteiger partial charge in [0.25, 0.3) is 0 Å². The normalized spacial score (nSPS) is 12.5. The fraction of sp³-hybridized carbons (Fsp3) is 0.400. The average molecular weight is 298 g/mol. The minimum atomic E-state index is -0.507. The summed E-state index contributed by atoms with van der Waals surface area (Å²) in [5.41, 5.74) is 3.62. The standard InChI is InChI=1S/C20H26O2/c1-15-9-7-11-17(13-15)19(3,4)21-22-20(5,6)18-12-8-10-16(2)14-18/h7-14H,1-6H3. The molecule has 2 aromatic carbocycles. The predicted molar refractivity (Wildman–Crippen MR) is 90.6 cm³/mol. The number of hydrogen-bond acceptors (Lipinski definition) is 2. The van der Waals surface area contributed by atoms with Crippen LogP contribution in [0.15, 0.2) is 48.5 Å². The van der Waals surface area contributed by atoms with E-state index in [1.54, 1.807) is 0 Å². The van der Waals surface area contributed by atoms with Crippen LogP contribution in [-0.2, 0) is 21.0 Å². The van der Waals surface area contributed by atoms with Gasteiger partial charge in [-0.15, -0.1) is 0 Å². The van der Waals surface area contributed by atoms with Gasteiger partial charge in [0.15, 0.2) is 0 Å². The van der Waals surface area contributed by atoms with Crippen molar-refractivity contribution >= 4 is 0 Å². The van der Waals surface area contributed by atoms with Crippen LogP contribution in [0.3, 0.4) is 0 Å². The molecule has 0 bridgehead atoms. The summed E-state index contributed by atoms with van der Waals surface area (Å²) in [6.07, 6.45) is 0. The average Bonchev–Trinajstić information content (AvgIpc) is 2.45. The second-order valence-corrected chi connectivity index (χ2v) is 6.93. The molecule has 2 aromatic rings. The predicted octanol–water partition coefficient (Wildman–Crippen LogP) is 5.42.